The number of halogens is 1. The lowest BCUT2D eigenvalue weighted by Crippen LogP contribution is -2.37. The first-order chi connectivity index (χ1) is 16.1. The van der Waals surface area contributed by atoms with E-state index in [1.54, 1.807) is 10.7 Å². The Bertz CT molecular complexity index is 1260. The molecule has 162 valence electrons. The Kier molecular flexibility index (Phi) is 6.43. The van der Waals surface area contributed by atoms with E-state index in [9.17, 15) is 0 Å². The summed E-state index contributed by atoms with van der Waals surface area (Å²) < 4.78 is 1.77. The minimum absolute atomic E-state index is 0.535. The number of hydrogen-bond acceptors (Lipinski definition) is 4. The third-order valence-electron chi connectivity index (χ3n) is 6.21. The maximum atomic E-state index is 6.44. The summed E-state index contributed by atoms with van der Waals surface area (Å²) in [7, 11) is 12.0. The van der Waals surface area contributed by atoms with E-state index in [0.29, 0.717) is 22.1 Å². The van der Waals surface area contributed by atoms with Gasteiger partial charge < -0.3 is 5.32 Å². The summed E-state index contributed by atoms with van der Waals surface area (Å²) in [5.41, 5.74) is 4.92. The number of nitrogens with zero attached hydrogens (tertiary/aromatic N) is 4. The molecular formula is C25H24B2ClN5. The molecule has 8 heteroatoms. The number of likely N-dealkylation sites (tertiary alicyclic amines) is 1. The number of fused-ring (bicyclic) bond motifs is 1. The molecule has 1 aliphatic heterocycles. The van der Waals surface area contributed by atoms with Crippen molar-refractivity contribution in [3.05, 3.63) is 71.4 Å². The lowest BCUT2D eigenvalue weighted by atomic mass is 9.94. The standard InChI is InChI=1S/C25H24B2ClN5/c26-19-9-7-17(8-10-19)15-32-11-3-4-18(16-32)13-29-24-12-23(20-5-1-2-6-22(20)28)31-25-21(27)14-30-33(24)25/h1-2,5-10,12,14,18,29H,3-4,11,13,15-16H2. The van der Waals surface area contributed by atoms with Crippen LogP contribution in [0.5, 0.6) is 0 Å². The highest BCUT2D eigenvalue weighted by molar-refractivity contribution is 6.36. The zero-order valence-electron chi connectivity index (χ0n) is 18.4. The molecule has 33 heavy (non-hydrogen) atoms. The first kappa shape index (κ1) is 22.1. The van der Waals surface area contributed by atoms with Crippen LogP contribution in [0.4, 0.5) is 5.82 Å². The number of aromatic nitrogens is 3. The molecule has 2 aromatic heterocycles. The van der Waals surface area contributed by atoms with Gasteiger partial charge in [0.2, 0.25) is 0 Å². The van der Waals surface area contributed by atoms with Gasteiger partial charge in [0.25, 0.3) is 0 Å². The Hall–Kier alpha value is -2.76. The van der Waals surface area contributed by atoms with Crippen LogP contribution in [0.1, 0.15) is 18.4 Å². The Balaban J connectivity index is 1.32. The Morgan fingerprint density at radius 1 is 1.09 bits per heavy atom. The van der Waals surface area contributed by atoms with Crippen LogP contribution in [0.15, 0.2) is 60.8 Å². The molecule has 0 aliphatic carbocycles. The van der Waals surface area contributed by atoms with E-state index >= 15 is 0 Å². The Morgan fingerprint density at radius 2 is 1.91 bits per heavy atom. The van der Waals surface area contributed by atoms with Crippen LogP contribution in [-0.2, 0) is 6.54 Å². The average Bonchev–Trinajstić information content (AvgIpc) is 3.20. The summed E-state index contributed by atoms with van der Waals surface area (Å²) in [6.45, 7) is 3.96. The molecule has 1 atom stereocenters. The largest absolute Gasteiger partial charge is 0.370 e. The fourth-order valence-electron chi connectivity index (χ4n) is 4.50. The molecule has 5 nitrogen and oxygen atoms in total. The second kappa shape index (κ2) is 9.62. The molecule has 1 unspecified atom stereocenters. The molecule has 0 amide bonds. The SMILES string of the molecule is [B]c1ccc(CN2CCCC(CNc3cc(-c4ccccc4Cl)nc4c([B])cnn34)C2)cc1. The molecule has 1 aliphatic rings. The number of piperidine rings is 1. The van der Waals surface area contributed by atoms with Crippen LogP contribution in [0.25, 0.3) is 16.9 Å². The van der Waals surface area contributed by atoms with Gasteiger partial charge in [-0.1, -0.05) is 59.5 Å². The molecular weight excluding hydrogens is 427 g/mol. The topological polar surface area (TPSA) is 45.5 Å². The average molecular weight is 452 g/mol. The van der Waals surface area contributed by atoms with Crippen molar-refractivity contribution in [2.75, 3.05) is 25.0 Å². The van der Waals surface area contributed by atoms with Crippen LogP contribution in [0.3, 0.4) is 0 Å². The van der Waals surface area contributed by atoms with Gasteiger partial charge in [-0.05, 0) is 42.4 Å². The van der Waals surface area contributed by atoms with Crippen molar-refractivity contribution in [1.29, 1.82) is 0 Å². The van der Waals surface area contributed by atoms with Crippen molar-refractivity contribution in [2.45, 2.75) is 19.4 Å². The van der Waals surface area contributed by atoms with Gasteiger partial charge in [-0.15, -0.1) is 0 Å². The minimum Gasteiger partial charge on any atom is -0.370 e. The molecule has 1 N–H and O–H groups in total. The summed E-state index contributed by atoms with van der Waals surface area (Å²) in [6, 6.07) is 17.9. The van der Waals surface area contributed by atoms with Crippen molar-refractivity contribution in [1.82, 2.24) is 19.5 Å². The van der Waals surface area contributed by atoms with Crippen molar-refractivity contribution in [3.8, 4) is 11.3 Å². The van der Waals surface area contributed by atoms with Crippen molar-refractivity contribution < 1.29 is 0 Å². The molecule has 0 spiro atoms. The molecule has 3 heterocycles. The van der Waals surface area contributed by atoms with Gasteiger partial charge >= 0.3 is 0 Å². The third kappa shape index (κ3) is 4.94. The van der Waals surface area contributed by atoms with Crippen molar-refractivity contribution in [3.63, 3.8) is 0 Å². The van der Waals surface area contributed by atoms with Gasteiger partial charge in [0.05, 0.1) is 5.69 Å². The summed E-state index contributed by atoms with van der Waals surface area (Å²) in [6.07, 6.45) is 4.02. The number of benzene rings is 2. The first-order valence-electron chi connectivity index (χ1n) is 11.3. The zero-order valence-corrected chi connectivity index (χ0v) is 19.2. The lowest BCUT2D eigenvalue weighted by molar-refractivity contribution is 0.173. The second-order valence-corrected chi connectivity index (χ2v) is 9.11. The maximum absolute atomic E-state index is 6.44. The summed E-state index contributed by atoms with van der Waals surface area (Å²) >= 11 is 6.44. The molecule has 1 fully saturated rings. The molecule has 4 aromatic rings. The summed E-state index contributed by atoms with van der Waals surface area (Å²) in [4.78, 5) is 7.24. The Labute approximate surface area is 202 Å². The van der Waals surface area contributed by atoms with Crippen LogP contribution in [-0.4, -0.2) is 54.8 Å². The van der Waals surface area contributed by atoms with Gasteiger partial charge in [-0.2, -0.15) is 9.61 Å². The molecule has 4 radical (unpaired) electrons. The van der Waals surface area contributed by atoms with Gasteiger partial charge in [0.15, 0.2) is 5.65 Å². The number of anilines is 1. The van der Waals surface area contributed by atoms with Gasteiger partial charge in [0, 0.05) is 42.5 Å². The van der Waals surface area contributed by atoms with Crippen LogP contribution >= 0.6 is 11.6 Å². The van der Waals surface area contributed by atoms with Gasteiger partial charge in [0.1, 0.15) is 21.5 Å². The van der Waals surface area contributed by atoms with E-state index in [1.807, 2.05) is 42.5 Å². The first-order valence-corrected chi connectivity index (χ1v) is 11.6. The normalized spacial score (nSPS) is 16.8. The van der Waals surface area contributed by atoms with Crippen molar-refractivity contribution >= 4 is 49.7 Å². The van der Waals surface area contributed by atoms with Crippen LogP contribution in [0, 0.1) is 5.92 Å². The molecule has 0 saturated carbocycles. The van der Waals surface area contributed by atoms with E-state index in [2.05, 4.69) is 27.4 Å². The fourth-order valence-corrected chi connectivity index (χ4v) is 4.74. The van der Waals surface area contributed by atoms with E-state index in [0.717, 1.165) is 48.7 Å². The predicted molar refractivity (Wildman–Crippen MR) is 137 cm³/mol. The molecule has 0 bridgehead atoms. The Morgan fingerprint density at radius 3 is 2.73 bits per heavy atom. The fraction of sp³-hybridized carbons (Fsp3) is 0.280. The quantitative estimate of drug-likeness (QED) is 0.458. The second-order valence-electron chi connectivity index (χ2n) is 8.71. The monoisotopic (exact) mass is 451 g/mol. The zero-order chi connectivity index (χ0) is 22.8. The van der Waals surface area contributed by atoms with Crippen molar-refractivity contribution in [2.24, 2.45) is 5.92 Å². The molecule has 5 rings (SSSR count). The molecule has 2 aromatic carbocycles. The van der Waals surface area contributed by atoms with Gasteiger partial charge in [-0.25, -0.2) is 4.98 Å². The summed E-state index contributed by atoms with van der Waals surface area (Å²) in [5, 5.41) is 8.70. The minimum atomic E-state index is 0.535. The highest BCUT2D eigenvalue weighted by Crippen LogP contribution is 2.28. The summed E-state index contributed by atoms with van der Waals surface area (Å²) in [5.74, 6) is 1.40. The van der Waals surface area contributed by atoms with E-state index in [1.165, 1.54) is 18.4 Å². The van der Waals surface area contributed by atoms with E-state index < -0.39 is 0 Å². The predicted octanol–water partition coefficient (Wildman–Crippen LogP) is 2.96. The number of hydrogen-bond donors (Lipinski definition) is 1. The smallest absolute Gasteiger partial charge is 0.150 e. The lowest BCUT2D eigenvalue weighted by Gasteiger charge is -2.33. The highest BCUT2D eigenvalue weighted by Gasteiger charge is 2.21. The molecule has 1 saturated heterocycles. The number of nitrogens with one attached hydrogen (secondary N) is 1. The van der Waals surface area contributed by atoms with Crippen LogP contribution in [0.2, 0.25) is 5.02 Å². The third-order valence-corrected chi connectivity index (χ3v) is 6.54. The van der Waals surface area contributed by atoms with E-state index in [4.69, 9.17) is 32.3 Å². The highest BCUT2D eigenvalue weighted by atomic mass is 35.5. The number of rotatable bonds is 6. The maximum Gasteiger partial charge on any atom is 0.150 e. The van der Waals surface area contributed by atoms with E-state index in [-0.39, 0.29) is 0 Å². The van der Waals surface area contributed by atoms with Crippen LogP contribution < -0.4 is 16.2 Å². The van der Waals surface area contributed by atoms with Gasteiger partial charge in [-0.3, -0.25) is 4.90 Å².